The van der Waals surface area contributed by atoms with Crippen molar-refractivity contribution in [1.29, 1.82) is 0 Å². The molecule has 0 spiro atoms. The highest BCUT2D eigenvalue weighted by molar-refractivity contribution is 5.96. The molecule has 3 rings (SSSR count). The molecule has 3 heterocycles. The number of carbonyl (C=O) groups is 1. The summed E-state index contributed by atoms with van der Waals surface area (Å²) in [7, 11) is 0. The monoisotopic (exact) mass is 272 g/mol. The first-order chi connectivity index (χ1) is 9.61. The second-order valence-electron chi connectivity index (χ2n) is 4.84. The summed E-state index contributed by atoms with van der Waals surface area (Å²) in [6.45, 7) is 4.31. The van der Waals surface area contributed by atoms with E-state index in [0.29, 0.717) is 24.2 Å². The first-order valence-corrected chi connectivity index (χ1v) is 6.54. The molecule has 20 heavy (non-hydrogen) atoms. The van der Waals surface area contributed by atoms with Crippen LogP contribution in [0.3, 0.4) is 0 Å². The molecule has 0 aliphatic heterocycles. The highest BCUT2D eigenvalue weighted by atomic mass is 16.3. The van der Waals surface area contributed by atoms with Crippen LogP contribution < -0.4 is 5.32 Å². The fourth-order valence-electron chi connectivity index (χ4n) is 2.19. The number of nitrogens with one attached hydrogen (secondary N) is 2. The van der Waals surface area contributed by atoms with E-state index in [0.717, 1.165) is 22.8 Å². The molecule has 5 nitrogen and oxygen atoms in total. The fourth-order valence-corrected chi connectivity index (χ4v) is 2.19. The van der Waals surface area contributed by atoms with Crippen LogP contribution in [0.1, 0.15) is 27.8 Å². The first kappa shape index (κ1) is 12.6. The second-order valence-corrected chi connectivity index (χ2v) is 4.84. The number of aryl methyl sites for hydroxylation is 2. The lowest BCUT2D eigenvalue weighted by Crippen LogP contribution is -2.25. The molecule has 0 saturated heterocycles. The third-order valence-electron chi connectivity index (χ3n) is 3.13. The number of furan rings is 2. The van der Waals surface area contributed by atoms with Gasteiger partial charge in [0.25, 0.3) is 5.91 Å². The fraction of sp³-hybridized carbons (Fsp3) is 0.267. The predicted octanol–water partition coefficient (Wildman–Crippen LogP) is 2.94. The lowest BCUT2D eigenvalue weighted by Gasteiger charge is -2.01. The minimum atomic E-state index is -0.141. The van der Waals surface area contributed by atoms with E-state index < -0.39 is 0 Å². The van der Waals surface area contributed by atoms with Crippen LogP contribution in [0, 0.1) is 13.8 Å². The second kappa shape index (κ2) is 4.92. The molecule has 3 aromatic rings. The van der Waals surface area contributed by atoms with Crippen LogP contribution in [0.25, 0.3) is 11.1 Å². The van der Waals surface area contributed by atoms with Crippen LogP contribution in [0.2, 0.25) is 0 Å². The molecule has 0 aliphatic rings. The lowest BCUT2D eigenvalue weighted by molar-refractivity contribution is 0.0949. The predicted molar refractivity (Wildman–Crippen MR) is 74.8 cm³/mol. The number of carbonyl (C=O) groups excluding carboxylic acids is 1. The van der Waals surface area contributed by atoms with Gasteiger partial charge >= 0.3 is 0 Å². The van der Waals surface area contributed by atoms with Gasteiger partial charge in [-0.1, -0.05) is 0 Å². The molecule has 0 aliphatic carbocycles. The highest BCUT2D eigenvalue weighted by Gasteiger charge is 2.11. The lowest BCUT2D eigenvalue weighted by atomic mass is 10.3. The molecule has 1 amide bonds. The Bertz CT molecular complexity index is 717. The van der Waals surface area contributed by atoms with E-state index in [1.807, 2.05) is 32.0 Å². The summed E-state index contributed by atoms with van der Waals surface area (Å²) in [5, 5.41) is 2.85. The average Bonchev–Trinajstić information content (AvgIpc) is 3.03. The summed E-state index contributed by atoms with van der Waals surface area (Å²) in [6, 6.07) is 7.43. The van der Waals surface area contributed by atoms with E-state index in [1.165, 1.54) is 0 Å². The van der Waals surface area contributed by atoms with Crippen molar-refractivity contribution >= 4 is 17.0 Å². The minimum absolute atomic E-state index is 0.141. The Morgan fingerprint density at radius 2 is 2.05 bits per heavy atom. The van der Waals surface area contributed by atoms with Gasteiger partial charge in [0.05, 0.1) is 5.52 Å². The van der Waals surface area contributed by atoms with E-state index in [2.05, 4.69) is 10.3 Å². The zero-order valence-corrected chi connectivity index (χ0v) is 11.4. The van der Waals surface area contributed by atoms with Gasteiger partial charge in [0.2, 0.25) is 0 Å². The Balaban J connectivity index is 1.59. The van der Waals surface area contributed by atoms with Crippen molar-refractivity contribution in [3.05, 3.63) is 47.2 Å². The summed E-state index contributed by atoms with van der Waals surface area (Å²) in [5.41, 5.74) is 2.05. The van der Waals surface area contributed by atoms with E-state index in [-0.39, 0.29) is 5.91 Å². The Morgan fingerprint density at radius 1 is 1.20 bits per heavy atom. The van der Waals surface area contributed by atoms with Crippen LogP contribution in [-0.2, 0) is 6.42 Å². The molecule has 5 heteroatoms. The van der Waals surface area contributed by atoms with Crippen molar-refractivity contribution < 1.29 is 13.6 Å². The Kier molecular flexibility index (Phi) is 3.10. The summed E-state index contributed by atoms with van der Waals surface area (Å²) >= 11 is 0. The van der Waals surface area contributed by atoms with Gasteiger partial charge < -0.3 is 19.1 Å². The number of aromatic nitrogens is 1. The number of aromatic amines is 1. The highest BCUT2D eigenvalue weighted by Crippen LogP contribution is 2.19. The van der Waals surface area contributed by atoms with Gasteiger partial charge in [0.15, 0.2) is 5.58 Å². The van der Waals surface area contributed by atoms with Crippen molar-refractivity contribution in [3.8, 4) is 0 Å². The number of hydrogen-bond donors (Lipinski definition) is 2. The first-order valence-electron chi connectivity index (χ1n) is 6.54. The van der Waals surface area contributed by atoms with Crippen molar-refractivity contribution in [1.82, 2.24) is 10.3 Å². The van der Waals surface area contributed by atoms with Crippen molar-refractivity contribution in [2.45, 2.75) is 20.3 Å². The van der Waals surface area contributed by atoms with Crippen LogP contribution in [-0.4, -0.2) is 17.4 Å². The van der Waals surface area contributed by atoms with Gasteiger partial charge in [-0.15, -0.1) is 0 Å². The average molecular weight is 272 g/mol. The molecule has 0 radical (unpaired) electrons. The smallest absolute Gasteiger partial charge is 0.267 e. The molecule has 0 aromatic carbocycles. The molecule has 0 atom stereocenters. The number of rotatable bonds is 4. The zero-order chi connectivity index (χ0) is 14.1. The normalized spacial score (nSPS) is 11.1. The number of hydrogen-bond acceptors (Lipinski definition) is 3. The molecule has 0 unspecified atom stereocenters. The number of amides is 1. The largest absolute Gasteiger partial charge is 0.466 e. The van der Waals surface area contributed by atoms with E-state index in [9.17, 15) is 4.79 Å². The molecule has 3 aromatic heterocycles. The maximum atomic E-state index is 12.0. The molecule has 0 saturated carbocycles. The van der Waals surface area contributed by atoms with Crippen molar-refractivity contribution in [2.24, 2.45) is 0 Å². The van der Waals surface area contributed by atoms with Gasteiger partial charge in [-0.25, -0.2) is 0 Å². The van der Waals surface area contributed by atoms with Gasteiger partial charge in [0.1, 0.15) is 23.0 Å². The SMILES string of the molecule is Cc1ccc(CCNC(=O)c2cc3oc(C)cc3[nH]2)o1. The summed E-state index contributed by atoms with van der Waals surface area (Å²) < 4.78 is 10.9. The molecule has 0 fully saturated rings. The summed E-state index contributed by atoms with van der Waals surface area (Å²) in [4.78, 5) is 15.0. The summed E-state index contributed by atoms with van der Waals surface area (Å²) in [5.74, 6) is 2.44. The van der Waals surface area contributed by atoms with Crippen LogP contribution >= 0.6 is 0 Å². The minimum Gasteiger partial charge on any atom is -0.466 e. The Hall–Kier alpha value is -2.43. The van der Waals surface area contributed by atoms with E-state index in [1.54, 1.807) is 6.07 Å². The van der Waals surface area contributed by atoms with Gasteiger partial charge in [-0.3, -0.25) is 4.79 Å². The molecular weight excluding hydrogens is 256 g/mol. The quantitative estimate of drug-likeness (QED) is 0.767. The van der Waals surface area contributed by atoms with E-state index in [4.69, 9.17) is 8.83 Å². The standard InChI is InChI=1S/C15H16N2O3/c1-9-3-4-11(19-9)5-6-16-15(18)13-8-14-12(17-13)7-10(2)20-14/h3-4,7-8,17H,5-6H2,1-2H3,(H,16,18). The maximum absolute atomic E-state index is 12.0. The van der Waals surface area contributed by atoms with Gasteiger partial charge in [-0.05, 0) is 26.0 Å². The third-order valence-corrected chi connectivity index (χ3v) is 3.13. The number of H-pyrrole nitrogens is 1. The third kappa shape index (κ3) is 2.47. The van der Waals surface area contributed by atoms with Crippen LogP contribution in [0.4, 0.5) is 0 Å². The van der Waals surface area contributed by atoms with Crippen LogP contribution in [0.15, 0.2) is 33.1 Å². The Morgan fingerprint density at radius 3 is 2.75 bits per heavy atom. The number of fused-ring (bicyclic) bond motifs is 1. The topological polar surface area (TPSA) is 71.2 Å². The van der Waals surface area contributed by atoms with Crippen molar-refractivity contribution in [3.63, 3.8) is 0 Å². The van der Waals surface area contributed by atoms with Gasteiger partial charge in [0, 0.05) is 25.1 Å². The van der Waals surface area contributed by atoms with Crippen LogP contribution in [0.5, 0.6) is 0 Å². The molecule has 2 N–H and O–H groups in total. The Labute approximate surface area is 116 Å². The maximum Gasteiger partial charge on any atom is 0.267 e. The molecular formula is C15H16N2O3. The zero-order valence-electron chi connectivity index (χ0n) is 11.4. The van der Waals surface area contributed by atoms with E-state index >= 15 is 0 Å². The summed E-state index contributed by atoms with van der Waals surface area (Å²) in [6.07, 6.45) is 0.676. The molecule has 0 bridgehead atoms. The van der Waals surface area contributed by atoms with Gasteiger partial charge in [-0.2, -0.15) is 0 Å². The molecule has 104 valence electrons. The van der Waals surface area contributed by atoms with Crippen molar-refractivity contribution in [2.75, 3.05) is 6.54 Å².